The normalized spacial score (nSPS) is 36.4. The maximum Gasteiger partial charge on any atom is 0.170 e. The summed E-state index contributed by atoms with van der Waals surface area (Å²) in [6, 6.07) is 7.28. The van der Waals surface area contributed by atoms with Gasteiger partial charge in [0.05, 0.1) is 0 Å². The summed E-state index contributed by atoms with van der Waals surface area (Å²) in [7, 11) is 0. The summed E-state index contributed by atoms with van der Waals surface area (Å²) in [6.07, 6.45) is 3.92. The topological polar surface area (TPSA) is 34.1 Å². The smallest absolute Gasteiger partial charge is 0.170 e. The molecule has 2 heteroatoms. The quantitative estimate of drug-likeness (QED) is 0.651. The fourth-order valence-electron chi connectivity index (χ4n) is 3.83. The Morgan fingerprint density at radius 2 is 1.83 bits per heavy atom. The Morgan fingerprint density at radius 1 is 1.11 bits per heavy atom. The predicted molar refractivity (Wildman–Crippen MR) is 67.5 cm³/mol. The van der Waals surface area contributed by atoms with Crippen molar-refractivity contribution in [1.29, 1.82) is 0 Å². The zero-order valence-corrected chi connectivity index (χ0v) is 10.3. The minimum Gasteiger partial charge on any atom is -0.294 e. The van der Waals surface area contributed by atoms with Gasteiger partial charge in [-0.05, 0) is 18.8 Å². The molecule has 0 amide bonds. The second-order valence-corrected chi connectivity index (χ2v) is 5.85. The Morgan fingerprint density at radius 3 is 2.61 bits per heavy atom. The van der Waals surface area contributed by atoms with Crippen LogP contribution in [0.4, 0.5) is 0 Å². The summed E-state index contributed by atoms with van der Waals surface area (Å²) in [4.78, 5) is 25.4. The van der Waals surface area contributed by atoms with Crippen LogP contribution in [-0.2, 0) is 0 Å². The van der Waals surface area contributed by atoms with E-state index >= 15 is 0 Å². The van der Waals surface area contributed by atoms with Gasteiger partial charge in [0.25, 0.3) is 0 Å². The Labute approximate surface area is 106 Å². The molecular formula is C16H14O2. The Balaban J connectivity index is 1.97. The van der Waals surface area contributed by atoms with Gasteiger partial charge in [-0.1, -0.05) is 42.8 Å². The van der Waals surface area contributed by atoms with E-state index in [1.54, 1.807) is 12.1 Å². The molecule has 4 rings (SSSR count). The van der Waals surface area contributed by atoms with E-state index in [4.69, 9.17) is 0 Å². The summed E-state index contributed by atoms with van der Waals surface area (Å²) >= 11 is 0. The fraction of sp³-hybridized carbons (Fsp3) is 0.375. The number of carbonyl (C=O) groups is 2. The van der Waals surface area contributed by atoms with Gasteiger partial charge in [0.15, 0.2) is 11.6 Å². The van der Waals surface area contributed by atoms with Crippen LogP contribution in [0.5, 0.6) is 0 Å². The van der Waals surface area contributed by atoms with Crippen molar-refractivity contribution in [3.8, 4) is 0 Å². The first-order valence-electron chi connectivity index (χ1n) is 6.51. The molecule has 2 nitrogen and oxygen atoms in total. The van der Waals surface area contributed by atoms with Crippen LogP contribution in [0.25, 0.3) is 0 Å². The molecular weight excluding hydrogens is 224 g/mol. The molecule has 0 spiro atoms. The van der Waals surface area contributed by atoms with Crippen LogP contribution in [-0.4, -0.2) is 11.6 Å². The van der Waals surface area contributed by atoms with E-state index in [1.165, 1.54) is 5.57 Å². The van der Waals surface area contributed by atoms with Crippen molar-refractivity contribution in [2.75, 3.05) is 0 Å². The van der Waals surface area contributed by atoms with Gasteiger partial charge in [0.2, 0.25) is 0 Å². The Kier molecular flexibility index (Phi) is 1.71. The van der Waals surface area contributed by atoms with Gasteiger partial charge in [-0.2, -0.15) is 0 Å². The summed E-state index contributed by atoms with van der Waals surface area (Å²) in [5.41, 5.74) is 2.17. The lowest BCUT2D eigenvalue weighted by atomic mass is 9.59. The number of hydrogen-bond donors (Lipinski definition) is 0. The lowest BCUT2D eigenvalue weighted by molar-refractivity contribution is 0.0528. The monoisotopic (exact) mass is 238 g/mol. The highest BCUT2D eigenvalue weighted by Gasteiger charge is 2.61. The molecule has 0 N–H and O–H groups in total. The largest absolute Gasteiger partial charge is 0.294 e. The molecule has 18 heavy (non-hydrogen) atoms. The van der Waals surface area contributed by atoms with Crippen LogP contribution in [0, 0.1) is 17.3 Å². The number of carbonyl (C=O) groups excluding carboxylic acids is 2. The average molecular weight is 238 g/mol. The lowest BCUT2D eigenvalue weighted by Crippen LogP contribution is -2.47. The number of benzene rings is 1. The highest BCUT2D eigenvalue weighted by Crippen LogP contribution is 2.61. The standard InChI is InChI=1S/C16H14O2/c1-16-12(7-6-9-8-13(9)16)14(17)10-4-2-3-5-11(10)15(16)18/h2-6,12-13H,7-8H2,1H3/t12?,13-,16+/m0/s1. The molecule has 1 saturated carbocycles. The van der Waals surface area contributed by atoms with Crippen LogP contribution >= 0.6 is 0 Å². The van der Waals surface area contributed by atoms with Crippen molar-refractivity contribution >= 4 is 11.6 Å². The molecule has 90 valence electrons. The first kappa shape index (κ1) is 10.2. The third kappa shape index (κ3) is 1.000. The molecule has 1 aromatic rings. The summed E-state index contributed by atoms with van der Waals surface area (Å²) in [5, 5.41) is 0. The first-order chi connectivity index (χ1) is 8.64. The Bertz CT molecular complexity index is 626. The van der Waals surface area contributed by atoms with Crippen LogP contribution < -0.4 is 0 Å². The average Bonchev–Trinajstić information content (AvgIpc) is 3.17. The first-order valence-corrected chi connectivity index (χ1v) is 6.51. The maximum absolute atomic E-state index is 12.8. The van der Waals surface area contributed by atoms with Crippen LogP contribution in [0.3, 0.4) is 0 Å². The zero-order chi connectivity index (χ0) is 12.5. The number of allylic oxidation sites excluding steroid dienone is 2. The summed E-state index contributed by atoms with van der Waals surface area (Å²) in [5.74, 6) is 0.517. The number of Topliss-reactive ketones (excluding diaryl/α,β-unsaturated/α-hetero) is 2. The summed E-state index contributed by atoms with van der Waals surface area (Å²) < 4.78 is 0. The molecule has 0 radical (unpaired) electrons. The molecule has 0 aromatic heterocycles. The van der Waals surface area contributed by atoms with E-state index in [1.807, 2.05) is 19.1 Å². The van der Waals surface area contributed by atoms with E-state index in [0.717, 1.165) is 12.8 Å². The van der Waals surface area contributed by atoms with Gasteiger partial charge in [-0.25, -0.2) is 0 Å². The van der Waals surface area contributed by atoms with Crippen molar-refractivity contribution < 1.29 is 9.59 Å². The molecule has 1 aromatic carbocycles. The predicted octanol–water partition coefficient (Wildman–Crippen LogP) is 3.04. The van der Waals surface area contributed by atoms with Gasteiger partial charge in [-0.3, -0.25) is 9.59 Å². The fourth-order valence-corrected chi connectivity index (χ4v) is 3.83. The third-order valence-corrected chi connectivity index (χ3v) is 5.03. The van der Waals surface area contributed by atoms with Gasteiger partial charge in [0.1, 0.15) is 0 Å². The third-order valence-electron chi connectivity index (χ3n) is 5.03. The number of rotatable bonds is 0. The van der Waals surface area contributed by atoms with Crippen molar-refractivity contribution in [3.63, 3.8) is 0 Å². The van der Waals surface area contributed by atoms with E-state index in [9.17, 15) is 9.59 Å². The van der Waals surface area contributed by atoms with E-state index in [-0.39, 0.29) is 17.5 Å². The van der Waals surface area contributed by atoms with E-state index in [0.29, 0.717) is 17.0 Å². The SMILES string of the molecule is C[C@@]12C(=O)c3ccccc3C(=O)C1CC=C1C[C@@H]12. The highest BCUT2D eigenvalue weighted by molar-refractivity contribution is 6.18. The molecule has 1 fully saturated rings. The number of hydrogen-bond acceptors (Lipinski definition) is 2. The van der Waals surface area contributed by atoms with Crippen molar-refractivity contribution in [3.05, 3.63) is 47.0 Å². The maximum atomic E-state index is 12.8. The highest BCUT2D eigenvalue weighted by atomic mass is 16.1. The van der Waals surface area contributed by atoms with Crippen LogP contribution in [0.2, 0.25) is 0 Å². The van der Waals surface area contributed by atoms with Gasteiger partial charge in [-0.15, -0.1) is 0 Å². The molecule has 0 heterocycles. The molecule has 3 aliphatic carbocycles. The summed E-state index contributed by atoms with van der Waals surface area (Å²) in [6.45, 7) is 2.00. The molecule has 3 atom stereocenters. The van der Waals surface area contributed by atoms with Crippen LogP contribution in [0.15, 0.2) is 35.9 Å². The van der Waals surface area contributed by atoms with Crippen molar-refractivity contribution in [2.45, 2.75) is 19.8 Å². The molecule has 3 aliphatic rings. The molecule has 1 unspecified atom stereocenters. The lowest BCUT2D eigenvalue weighted by Gasteiger charge is -2.41. The van der Waals surface area contributed by atoms with Gasteiger partial charge in [0, 0.05) is 22.5 Å². The number of ketones is 2. The zero-order valence-electron chi connectivity index (χ0n) is 10.3. The number of fused-ring (bicyclic) bond motifs is 4. The minimum absolute atomic E-state index is 0.142. The molecule has 0 aliphatic heterocycles. The second-order valence-electron chi connectivity index (χ2n) is 5.85. The molecule has 0 bridgehead atoms. The Hall–Kier alpha value is -1.70. The van der Waals surface area contributed by atoms with Gasteiger partial charge < -0.3 is 0 Å². The minimum atomic E-state index is -0.477. The van der Waals surface area contributed by atoms with E-state index < -0.39 is 5.41 Å². The second kappa shape index (κ2) is 3.00. The van der Waals surface area contributed by atoms with Crippen molar-refractivity contribution in [1.82, 2.24) is 0 Å². The van der Waals surface area contributed by atoms with Crippen molar-refractivity contribution in [2.24, 2.45) is 17.3 Å². The van der Waals surface area contributed by atoms with Gasteiger partial charge >= 0.3 is 0 Å². The van der Waals surface area contributed by atoms with Crippen LogP contribution in [0.1, 0.15) is 40.5 Å². The van der Waals surface area contributed by atoms with E-state index in [2.05, 4.69) is 6.08 Å². The molecule has 0 saturated heterocycles.